The molecule has 0 spiro atoms. The molecule has 0 radical (unpaired) electrons. The average molecular weight is 167 g/mol. The van der Waals surface area contributed by atoms with Crippen LogP contribution in [-0.4, -0.2) is 0 Å². The molecule has 1 aromatic rings. The van der Waals surface area contributed by atoms with E-state index in [2.05, 4.69) is 0 Å². The van der Waals surface area contributed by atoms with E-state index in [0.29, 0.717) is 16.8 Å². The summed E-state index contributed by atoms with van der Waals surface area (Å²) in [5.74, 6) is 0.0615. The fraction of sp³-hybridized carbons (Fsp3) is 0.400. The van der Waals surface area contributed by atoms with Gasteiger partial charge < -0.3 is 5.73 Å². The molecule has 1 rings (SSSR count). The lowest BCUT2D eigenvalue weighted by atomic mass is 9.99. The van der Waals surface area contributed by atoms with E-state index in [0.717, 1.165) is 0 Å². The highest BCUT2D eigenvalue weighted by molar-refractivity contribution is 5.46. The number of benzene rings is 1. The van der Waals surface area contributed by atoms with E-state index in [4.69, 9.17) is 5.73 Å². The minimum absolute atomic E-state index is 0.126. The van der Waals surface area contributed by atoms with Crippen molar-refractivity contribution in [3.63, 3.8) is 0 Å². The van der Waals surface area contributed by atoms with Crippen LogP contribution < -0.4 is 5.73 Å². The molecule has 1 nitrogen and oxygen atoms in total. The Morgan fingerprint density at radius 2 is 1.92 bits per heavy atom. The Balaban J connectivity index is 3.28. The SMILES string of the molecule is Cc1cc(N)cc(C(C)C)c1F. The number of hydrogen-bond donors (Lipinski definition) is 1. The first kappa shape index (κ1) is 9.04. The van der Waals surface area contributed by atoms with Gasteiger partial charge in [-0.2, -0.15) is 0 Å². The smallest absolute Gasteiger partial charge is 0.129 e. The molecule has 0 unspecified atom stereocenters. The number of halogens is 1. The molecule has 2 heteroatoms. The quantitative estimate of drug-likeness (QED) is 0.639. The van der Waals surface area contributed by atoms with Gasteiger partial charge in [0.15, 0.2) is 0 Å². The normalized spacial score (nSPS) is 10.8. The third-order valence-corrected chi connectivity index (χ3v) is 1.93. The van der Waals surface area contributed by atoms with Crippen molar-refractivity contribution in [1.82, 2.24) is 0 Å². The molecule has 2 N–H and O–H groups in total. The summed E-state index contributed by atoms with van der Waals surface area (Å²) in [6, 6.07) is 3.36. The van der Waals surface area contributed by atoms with E-state index in [1.807, 2.05) is 13.8 Å². The molecule has 0 aromatic heterocycles. The number of rotatable bonds is 1. The Bertz CT molecular complexity index is 292. The Labute approximate surface area is 72.4 Å². The van der Waals surface area contributed by atoms with Crippen molar-refractivity contribution in [1.29, 1.82) is 0 Å². The van der Waals surface area contributed by atoms with Crippen LogP contribution in [0.5, 0.6) is 0 Å². The lowest BCUT2D eigenvalue weighted by Gasteiger charge is -2.09. The highest BCUT2D eigenvalue weighted by Crippen LogP contribution is 2.23. The lowest BCUT2D eigenvalue weighted by Crippen LogP contribution is -1.98. The average Bonchev–Trinajstić information content (AvgIpc) is 1.96. The van der Waals surface area contributed by atoms with Crippen LogP contribution in [-0.2, 0) is 0 Å². The van der Waals surface area contributed by atoms with Gasteiger partial charge in [-0.3, -0.25) is 0 Å². The molecule has 66 valence electrons. The molecule has 0 saturated heterocycles. The van der Waals surface area contributed by atoms with Crippen molar-refractivity contribution in [2.24, 2.45) is 0 Å². The first-order chi connectivity index (χ1) is 5.52. The molecule has 0 aliphatic heterocycles. The minimum atomic E-state index is -0.126. The van der Waals surface area contributed by atoms with Crippen molar-refractivity contribution < 1.29 is 4.39 Å². The predicted octanol–water partition coefficient (Wildman–Crippen LogP) is 2.84. The highest BCUT2D eigenvalue weighted by atomic mass is 19.1. The maximum absolute atomic E-state index is 13.4. The molecule has 1 aromatic carbocycles. The highest BCUT2D eigenvalue weighted by Gasteiger charge is 2.09. The monoisotopic (exact) mass is 167 g/mol. The van der Waals surface area contributed by atoms with Crippen LogP contribution in [0.4, 0.5) is 10.1 Å². The van der Waals surface area contributed by atoms with Crippen LogP contribution in [0.3, 0.4) is 0 Å². The van der Waals surface area contributed by atoms with Gasteiger partial charge in [0.2, 0.25) is 0 Å². The van der Waals surface area contributed by atoms with Gasteiger partial charge >= 0.3 is 0 Å². The molecule has 0 aliphatic rings. The fourth-order valence-electron chi connectivity index (χ4n) is 1.25. The second-order valence-electron chi connectivity index (χ2n) is 3.40. The molecule has 0 atom stereocenters. The molecule has 0 fully saturated rings. The molecule has 0 saturated carbocycles. The zero-order valence-electron chi connectivity index (χ0n) is 7.69. The second kappa shape index (κ2) is 3.13. The van der Waals surface area contributed by atoms with Crippen LogP contribution >= 0.6 is 0 Å². The van der Waals surface area contributed by atoms with Gasteiger partial charge in [-0.25, -0.2) is 4.39 Å². The van der Waals surface area contributed by atoms with Crippen LogP contribution in [0.2, 0.25) is 0 Å². The van der Waals surface area contributed by atoms with E-state index in [1.165, 1.54) is 0 Å². The summed E-state index contributed by atoms with van der Waals surface area (Å²) in [6.45, 7) is 5.64. The van der Waals surface area contributed by atoms with Crippen molar-refractivity contribution >= 4 is 5.69 Å². The topological polar surface area (TPSA) is 26.0 Å². The molecule has 12 heavy (non-hydrogen) atoms. The third-order valence-electron chi connectivity index (χ3n) is 1.93. The summed E-state index contributed by atoms with van der Waals surface area (Å²) in [6.07, 6.45) is 0. The largest absolute Gasteiger partial charge is 0.399 e. The maximum Gasteiger partial charge on any atom is 0.129 e. The van der Waals surface area contributed by atoms with Gasteiger partial charge in [0.1, 0.15) is 5.82 Å². The number of hydrogen-bond acceptors (Lipinski definition) is 1. The van der Waals surface area contributed by atoms with E-state index in [-0.39, 0.29) is 11.7 Å². The van der Waals surface area contributed by atoms with E-state index in [1.54, 1.807) is 19.1 Å². The first-order valence-electron chi connectivity index (χ1n) is 4.08. The maximum atomic E-state index is 13.4. The molecule has 0 aliphatic carbocycles. The van der Waals surface area contributed by atoms with Gasteiger partial charge in [-0.1, -0.05) is 13.8 Å². The first-order valence-corrected chi connectivity index (χ1v) is 4.08. The van der Waals surface area contributed by atoms with Gasteiger partial charge in [0.25, 0.3) is 0 Å². The lowest BCUT2D eigenvalue weighted by molar-refractivity contribution is 0.590. The van der Waals surface area contributed by atoms with E-state index in [9.17, 15) is 4.39 Å². The Morgan fingerprint density at radius 3 is 2.42 bits per heavy atom. The van der Waals surface area contributed by atoms with Crippen LogP contribution in [0, 0.1) is 12.7 Å². The Kier molecular flexibility index (Phi) is 2.36. The second-order valence-corrected chi connectivity index (χ2v) is 3.40. The van der Waals surface area contributed by atoms with Crippen molar-refractivity contribution in [2.45, 2.75) is 26.7 Å². The van der Waals surface area contributed by atoms with Crippen LogP contribution in [0.25, 0.3) is 0 Å². The van der Waals surface area contributed by atoms with Crippen LogP contribution in [0.1, 0.15) is 30.9 Å². The third kappa shape index (κ3) is 1.58. The number of nitrogen functional groups attached to an aromatic ring is 1. The predicted molar refractivity (Wildman–Crippen MR) is 49.6 cm³/mol. The summed E-state index contributed by atoms with van der Waals surface area (Å²) in [5.41, 5.74) is 7.56. The number of aryl methyl sites for hydroxylation is 1. The van der Waals surface area contributed by atoms with Gasteiger partial charge in [0, 0.05) is 5.69 Å². The summed E-state index contributed by atoms with van der Waals surface area (Å²) in [4.78, 5) is 0. The summed E-state index contributed by atoms with van der Waals surface area (Å²) in [5, 5.41) is 0. The zero-order chi connectivity index (χ0) is 9.30. The fourth-order valence-corrected chi connectivity index (χ4v) is 1.25. The number of nitrogens with two attached hydrogens (primary N) is 1. The zero-order valence-corrected chi connectivity index (χ0v) is 7.69. The molecular weight excluding hydrogens is 153 g/mol. The standard InChI is InChI=1S/C10H14FN/c1-6(2)9-5-8(12)4-7(3)10(9)11/h4-6H,12H2,1-3H3. The Morgan fingerprint density at radius 1 is 1.33 bits per heavy atom. The van der Waals surface area contributed by atoms with Crippen molar-refractivity contribution in [3.05, 3.63) is 29.1 Å². The van der Waals surface area contributed by atoms with Gasteiger partial charge in [0.05, 0.1) is 0 Å². The molecule has 0 bridgehead atoms. The van der Waals surface area contributed by atoms with Crippen LogP contribution in [0.15, 0.2) is 12.1 Å². The number of anilines is 1. The molecule has 0 amide bonds. The Hall–Kier alpha value is -1.05. The molecule has 0 heterocycles. The van der Waals surface area contributed by atoms with Crippen molar-refractivity contribution in [2.75, 3.05) is 5.73 Å². The molecular formula is C10H14FN. The van der Waals surface area contributed by atoms with Gasteiger partial charge in [-0.15, -0.1) is 0 Å². The minimum Gasteiger partial charge on any atom is -0.399 e. The summed E-state index contributed by atoms with van der Waals surface area (Å²) in [7, 11) is 0. The summed E-state index contributed by atoms with van der Waals surface area (Å²) >= 11 is 0. The van der Waals surface area contributed by atoms with E-state index >= 15 is 0 Å². The van der Waals surface area contributed by atoms with E-state index < -0.39 is 0 Å². The summed E-state index contributed by atoms with van der Waals surface area (Å²) < 4.78 is 13.4. The van der Waals surface area contributed by atoms with Crippen molar-refractivity contribution in [3.8, 4) is 0 Å². The van der Waals surface area contributed by atoms with Gasteiger partial charge in [-0.05, 0) is 36.1 Å².